The summed E-state index contributed by atoms with van der Waals surface area (Å²) < 4.78 is 18.4. The number of piperidine rings is 1. The number of hydrogen-bond donors (Lipinski definition) is 3. The van der Waals surface area contributed by atoms with Gasteiger partial charge in [0.1, 0.15) is 17.9 Å². The average molecular weight is 527 g/mol. The maximum Gasteiger partial charge on any atom is 0.229 e. The van der Waals surface area contributed by atoms with Crippen molar-refractivity contribution < 1.29 is 9.30 Å². The first-order chi connectivity index (χ1) is 17.3. The zero-order chi connectivity index (χ0) is 25.3. The third-order valence-electron chi connectivity index (χ3n) is 7.10. The minimum atomic E-state index is -2.50. The van der Waals surface area contributed by atoms with E-state index in [1.807, 2.05) is 30.3 Å². The van der Waals surface area contributed by atoms with Gasteiger partial charge in [-0.3, -0.25) is 0 Å². The van der Waals surface area contributed by atoms with Crippen molar-refractivity contribution in [1.82, 2.24) is 15.3 Å². The van der Waals surface area contributed by atoms with Crippen LogP contribution in [0.25, 0.3) is 0 Å². The summed E-state index contributed by atoms with van der Waals surface area (Å²) in [6.07, 6.45) is 3.97. The van der Waals surface area contributed by atoms with Gasteiger partial charge in [0.25, 0.3) is 0 Å². The number of benzene rings is 2. The Hall–Kier alpha value is -2.80. The zero-order valence-corrected chi connectivity index (χ0v) is 22.5. The second-order valence-corrected chi connectivity index (χ2v) is 13.6. The molecule has 2 saturated heterocycles. The molecule has 0 atom stereocenters. The molecular weight excluding hydrogens is 495 g/mol. The Morgan fingerprint density at radius 1 is 1.08 bits per heavy atom. The first-order valence-electron chi connectivity index (χ1n) is 12.1. The maximum atomic E-state index is 12.7. The van der Waals surface area contributed by atoms with E-state index in [9.17, 15) is 4.57 Å². The van der Waals surface area contributed by atoms with Crippen LogP contribution in [0.1, 0.15) is 12.8 Å². The Morgan fingerprint density at radius 2 is 1.83 bits per heavy atom. The van der Waals surface area contributed by atoms with Crippen LogP contribution in [-0.4, -0.2) is 56.6 Å². The fraction of sp³-hybridized carbons (Fsp3) is 0.385. The molecule has 8 nitrogen and oxygen atoms in total. The molecule has 190 valence electrons. The van der Waals surface area contributed by atoms with Crippen molar-refractivity contribution in [2.24, 2.45) is 5.41 Å². The molecule has 1 aromatic heterocycles. The normalized spacial score (nSPS) is 16.9. The van der Waals surface area contributed by atoms with E-state index in [1.54, 1.807) is 26.6 Å². The van der Waals surface area contributed by atoms with Gasteiger partial charge >= 0.3 is 0 Å². The highest BCUT2D eigenvalue weighted by atomic mass is 35.5. The topological polar surface area (TPSA) is 91.4 Å². The number of hydrogen-bond acceptors (Lipinski definition) is 8. The fourth-order valence-electron chi connectivity index (χ4n) is 4.86. The Labute approximate surface area is 217 Å². The average Bonchev–Trinajstić information content (AvgIpc) is 2.85. The van der Waals surface area contributed by atoms with Crippen molar-refractivity contribution in [3.8, 4) is 5.75 Å². The van der Waals surface area contributed by atoms with E-state index in [1.165, 1.54) is 12.8 Å². The molecule has 2 aliphatic heterocycles. The largest absolute Gasteiger partial charge is 0.494 e. The Morgan fingerprint density at radius 3 is 2.50 bits per heavy atom. The summed E-state index contributed by atoms with van der Waals surface area (Å²) in [5.41, 5.74) is 3.13. The van der Waals surface area contributed by atoms with Gasteiger partial charge in [0.05, 0.1) is 24.7 Å². The van der Waals surface area contributed by atoms with Gasteiger partial charge in [-0.15, -0.1) is 0 Å². The van der Waals surface area contributed by atoms with Gasteiger partial charge < -0.3 is 30.2 Å². The molecule has 0 saturated carbocycles. The van der Waals surface area contributed by atoms with E-state index in [-0.39, 0.29) is 0 Å². The summed E-state index contributed by atoms with van der Waals surface area (Å²) in [6.45, 7) is 7.88. The maximum absolute atomic E-state index is 12.7. The van der Waals surface area contributed by atoms with Crippen LogP contribution in [-0.2, 0) is 4.57 Å². The van der Waals surface area contributed by atoms with Crippen molar-refractivity contribution >= 4 is 52.9 Å². The summed E-state index contributed by atoms with van der Waals surface area (Å²) >= 11 is 6.40. The van der Waals surface area contributed by atoms with E-state index in [0.29, 0.717) is 27.9 Å². The van der Waals surface area contributed by atoms with Crippen molar-refractivity contribution in [3.63, 3.8) is 0 Å². The molecule has 10 heteroatoms. The number of nitrogens with one attached hydrogen (secondary N) is 3. The fourth-order valence-corrected chi connectivity index (χ4v) is 6.16. The van der Waals surface area contributed by atoms with Crippen molar-refractivity contribution in [2.45, 2.75) is 12.8 Å². The monoisotopic (exact) mass is 526 g/mol. The molecule has 0 aliphatic carbocycles. The Balaban J connectivity index is 1.34. The number of aromatic nitrogens is 2. The van der Waals surface area contributed by atoms with E-state index in [2.05, 4.69) is 43.0 Å². The molecule has 36 heavy (non-hydrogen) atoms. The smallest absolute Gasteiger partial charge is 0.229 e. The van der Waals surface area contributed by atoms with Crippen LogP contribution in [0.3, 0.4) is 0 Å². The molecule has 0 bridgehead atoms. The number of anilines is 5. The lowest BCUT2D eigenvalue weighted by molar-refractivity contribution is 0.126. The molecule has 2 aromatic carbocycles. The van der Waals surface area contributed by atoms with Crippen molar-refractivity contribution in [3.05, 3.63) is 53.7 Å². The van der Waals surface area contributed by atoms with E-state index in [4.69, 9.17) is 16.3 Å². The van der Waals surface area contributed by atoms with Gasteiger partial charge in [-0.1, -0.05) is 23.7 Å². The van der Waals surface area contributed by atoms with E-state index in [0.717, 1.165) is 48.6 Å². The molecule has 1 spiro atoms. The molecule has 5 rings (SSSR count). The first kappa shape index (κ1) is 24.9. The molecule has 0 radical (unpaired) electrons. The minimum Gasteiger partial charge on any atom is -0.494 e. The standard InChI is InChI=1S/C26H32ClN6O2P/c1-35-22-14-18(33-12-10-26(11-13-33)16-28-17-26)8-9-20(22)31-25-29-15-19(27)24(32-25)30-21-6-4-5-7-23(21)36(2,3)34/h4-9,14-15,28H,10-13,16-17H2,1-3H3,(H2,29,30,31,32). The third-order valence-corrected chi connectivity index (χ3v) is 8.93. The molecular formula is C26H32ClN6O2P. The van der Waals surface area contributed by atoms with Crippen LogP contribution < -0.4 is 30.9 Å². The molecule has 0 amide bonds. The highest BCUT2D eigenvalue weighted by Crippen LogP contribution is 2.40. The lowest BCUT2D eigenvalue weighted by atomic mass is 9.73. The van der Waals surface area contributed by atoms with Gasteiger partial charge in [-0.25, -0.2) is 4.98 Å². The minimum absolute atomic E-state index is 0.365. The SMILES string of the molecule is COc1cc(N2CCC3(CC2)CNC3)ccc1Nc1ncc(Cl)c(Nc2ccccc2P(C)(C)=O)n1. The van der Waals surface area contributed by atoms with Gasteiger partial charge in [0, 0.05) is 43.2 Å². The van der Waals surface area contributed by atoms with Crippen LogP contribution in [0.15, 0.2) is 48.7 Å². The number of para-hydroxylation sites is 1. The first-order valence-corrected chi connectivity index (χ1v) is 15.1. The van der Waals surface area contributed by atoms with Crippen LogP contribution in [0.5, 0.6) is 5.75 Å². The summed E-state index contributed by atoms with van der Waals surface area (Å²) in [4.78, 5) is 11.3. The second-order valence-electron chi connectivity index (χ2n) is 9.98. The molecule has 3 N–H and O–H groups in total. The Kier molecular flexibility index (Phi) is 6.86. The summed E-state index contributed by atoms with van der Waals surface area (Å²) in [7, 11) is -0.833. The van der Waals surface area contributed by atoms with Crippen molar-refractivity contribution in [1.29, 1.82) is 0 Å². The van der Waals surface area contributed by atoms with Crippen LogP contribution in [0, 0.1) is 5.41 Å². The summed E-state index contributed by atoms with van der Waals surface area (Å²) in [6, 6.07) is 13.6. The van der Waals surface area contributed by atoms with Gasteiger partial charge in [0.15, 0.2) is 5.82 Å². The number of rotatable bonds is 7. The number of ether oxygens (including phenoxy) is 1. The predicted molar refractivity (Wildman–Crippen MR) is 149 cm³/mol. The Bertz CT molecular complexity index is 1300. The second kappa shape index (κ2) is 9.92. The van der Waals surface area contributed by atoms with E-state index >= 15 is 0 Å². The molecule has 2 aliphatic rings. The van der Waals surface area contributed by atoms with Gasteiger partial charge in [-0.05, 0) is 55.9 Å². The van der Waals surface area contributed by atoms with Gasteiger partial charge in [-0.2, -0.15) is 4.98 Å². The van der Waals surface area contributed by atoms with E-state index < -0.39 is 7.14 Å². The number of nitrogens with zero attached hydrogens (tertiary/aromatic N) is 3. The van der Waals surface area contributed by atoms with Crippen LogP contribution in [0.2, 0.25) is 5.02 Å². The molecule has 0 unspecified atom stereocenters. The zero-order valence-electron chi connectivity index (χ0n) is 20.8. The van der Waals surface area contributed by atoms with Crippen LogP contribution in [0.4, 0.5) is 28.8 Å². The lowest BCUT2D eigenvalue weighted by Crippen LogP contribution is -2.58. The predicted octanol–water partition coefficient (Wildman–Crippen LogP) is 5.06. The van der Waals surface area contributed by atoms with Crippen LogP contribution >= 0.6 is 18.7 Å². The highest BCUT2D eigenvalue weighted by molar-refractivity contribution is 7.70. The third kappa shape index (κ3) is 5.17. The van der Waals surface area contributed by atoms with Crippen molar-refractivity contribution in [2.75, 3.05) is 62.2 Å². The lowest BCUT2D eigenvalue weighted by Gasteiger charge is -2.49. The summed E-state index contributed by atoms with van der Waals surface area (Å²) in [5.74, 6) is 1.52. The quantitative estimate of drug-likeness (QED) is 0.368. The highest BCUT2D eigenvalue weighted by Gasteiger charge is 2.39. The number of halogens is 1. The molecule has 2 fully saturated rings. The van der Waals surface area contributed by atoms with Gasteiger partial charge in [0.2, 0.25) is 5.95 Å². The molecule has 3 heterocycles. The molecule has 3 aromatic rings. The number of methoxy groups -OCH3 is 1. The summed E-state index contributed by atoms with van der Waals surface area (Å²) in [5, 5.41) is 11.0.